The Balaban J connectivity index is 0.000000163. The molecule has 0 spiro atoms. The molecule has 4 heterocycles. The van der Waals surface area contributed by atoms with E-state index in [1.54, 1.807) is 11.1 Å². The van der Waals surface area contributed by atoms with Crippen molar-refractivity contribution in [1.29, 1.82) is 0 Å². The topological polar surface area (TPSA) is 40.6 Å². The predicted octanol–water partition coefficient (Wildman–Crippen LogP) is 10.9. The van der Waals surface area contributed by atoms with Crippen LogP contribution in [0.25, 0.3) is 0 Å². The molecule has 0 bridgehead atoms. The normalized spacial score (nSPS) is 20.1. The fourth-order valence-electron chi connectivity index (χ4n) is 7.24. The van der Waals surface area contributed by atoms with Crippen molar-refractivity contribution in [1.82, 2.24) is 4.98 Å². The van der Waals surface area contributed by atoms with Crippen LogP contribution in [-0.4, -0.2) is 23.3 Å². The van der Waals surface area contributed by atoms with Crippen molar-refractivity contribution in [2.75, 3.05) is 0 Å². The predicted molar refractivity (Wildman–Crippen MR) is 201 cm³/mol. The largest absolute Gasteiger partial charge is 0.373 e. The lowest BCUT2D eigenvalue weighted by molar-refractivity contribution is -0.000819. The zero-order valence-corrected chi connectivity index (χ0v) is 32.1. The molecule has 264 valence electrons. The minimum absolute atomic E-state index is 0.368. The first-order chi connectivity index (χ1) is 22.9. The van der Waals surface area contributed by atoms with Gasteiger partial charge in [0.15, 0.2) is 0 Å². The Kier molecular flexibility index (Phi) is 14.3. The molecule has 3 atom stereocenters. The summed E-state index contributed by atoms with van der Waals surface area (Å²) in [4.78, 5) is 4.31. The molecule has 0 N–H and O–H groups in total. The van der Waals surface area contributed by atoms with E-state index in [1.807, 2.05) is 12.4 Å². The molecule has 0 aliphatic carbocycles. The summed E-state index contributed by atoms with van der Waals surface area (Å²) in [6.45, 7) is 27.0. The Bertz CT molecular complexity index is 1370. The number of rotatable bonds is 7. The van der Waals surface area contributed by atoms with E-state index in [0.717, 1.165) is 39.1 Å². The van der Waals surface area contributed by atoms with E-state index < -0.39 is 0 Å². The molecule has 0 saturated carbocycles. The average molecular weight is 656 g/mol. The SMILES string of the molecule is CC(C)c1cccc2c1CC(C(C)C)OC2.CC(C)c1cncc2c1CC(C(C)C)OC2.CCCc1cccc2c1C[C@@H](C(C)C)OC2. The van der Waals surface area contributed by atoms with E-state index in [2.05, 4.69) is 118 Å². The number of ether oxygens (including phenoxy) is 3. The number of nitrogens with zero attached hydrogens (tertiary/aromatic N) is 1. The molecule has 2 aromatic carbocycles. The smallest absolute Gasteiger partial charge is 0.0738 e. The van der Waals surface area contributed by atoms with E-state index in [9.17, 15) is 0 Å². The van der Waals surface area contributed by atoms with Gasteiger partial charge < -0.3 is 14.2 Å². The van der Waals surface area contributed by atoms with Crippen LogP contribution < -0.4 is 0 Å². The number of benzene rings is 2. The number of aryl methyl sites for hydroxylation is 1. The van der Waals surface area contributed by atoms with Crippen molar-refractivity contribution in [2.24, 2.45) is 17.8 Å². The molecule has 0 amide bonds. The first-order valence-corrected chi connectivity index (χ1v) is 18.9. The molecular formula is C44H65NO3. The second-order valence-electron chi connectivity index (χ2n) is 15.9. The maximum absolute atomic E-state index is 5.90. The molecule has 48 heavy (non-hydrogen) atoms. The summed E-state index contributed by atoms with van der Waals surface area (Å²) in [6, 6.07) is 13.3. The van der Waals surface area contributed by atoms with Crippen LogP contribution in [0.5, 0.6) is 0 Å². The molecule has 0 saturated heterocycles. The lowest BCUT2D eigenvalue weighted by Crippen LogP contribution is -2.28. The highest BCUT2D eigenvalue weighted by atomic mass is 16.5. The Hall–Kier alpha value is -2.53. The van der Waals surface area contributed by atoms with Gasteiger partial charge in [-0.05, 0) is 105 Å². The lowest BCUT2D eigenvalue weighted by Gasteiger charge is -2.30. The molecule has 3 aliphatic rings. The van der Waals surface area contributed by atoms with Gasteiger partial charge >= 0.3 is 0 Å². The molecule has 6 rings (SSSR count). The number of fused-ring (bicyclic) bond motifs is 3. The highest BCUT2D eigenvalue weighted by Gasteiger charge is 2.26. The number of aromatic nitrogens is 1. The highest BCUT2D eigenvalue weighted by molar-refractivity contribution is 5.39. The molecule has 2 unspecified atom stereocenters. The summed E-state index contributed by atoms with van der Waals surface area (Å²) < 4.78 is 17.7. The maximum Gasteiger partial charge on any atom is 0.0738 e. The van der Waals surface area contributed by atoms with Crippen molar-refractivity contribution < 1.29 is 14.2 Å². The van der Waals surface area contributed by atoms with Crippen LogP contribution in [0, 0.1) is 17.8 Å². The average Bonchev–Trinajstić information content (AvgIpc) is 3.07. The van der Waals surface area contributed by atoms with Crippen LogP contribution >= 0.6 is 0 Å². The zero-order valence-electron chi connectivity index (χ0n) is 32.1. The van der Waals surface area contributed by atoms with Crippen molar-refractivity contribution in [3.8, 4) is 0 Å². The van der Waals surface area contributed by atoms with Gasteiger partial charge in [0, 0.05) is 12.4 Å². The monoisotopic (exact) mass is 655 g/mol. The van der Waals surface area contributed by atoms with Crippen LogP contribution in [0.1, 0.15) is 144 Å². The van der Waals surface area contributed by atoms with Crippen molar-refractivity contribution in [3.05, 3.63) is 98.9 Å². The van der Waals surface area contributed by atoms with Crippen LogP contribution in [0.4, 0.5) is 0 Å². The molecule has 0 radical (unpaired) electrons. The third kappa shape index (κ3) is 9.79. The minimum atomic E-state index is 0.368. The van der Waals surface area contributed by atoms with Crippen LogP contribution in [-0.2, 0) is 59.7 Å². The summed E-state index contributed by atoms with van der Waals surface area (Å²) in [7, 11) is 0. The molecule has 3 aromatic rings. The quantitative estimate of drug-likeness (QED) is 0.254. The summed E-state index contributed by atoms with van der Waals surface area (Å²) in [5, 5.41) is 0. The second kappa shape index (κ2) is 17.9. The molecule has 3 aliphatic heterocycles. The van der Waals surface area contributed by atoms with E-state index >= 15 is 0 Å². The van der Waals surface area contributed by atoms with Crippen LogP contribution in [0.15, 0.2) is 48.8 Å². The standard InChI is InChI=1S/2C15H22O.C14H21NO/c1-10(2)13-7-5-6-12-9-16-15(11(3)4)8-14(12)13;1-4-6-12-7-5-8-13-10-16-15(11(2)3)9-14(12)13;1-9(2)13-7-15-6-11-8-16-14(10(3)4)5-12(11)13/h5-7,10-11,15H,8-9H2,1-4H3;5,7-8,11,15H,4,6,9-10H2,1-3H3;6-7,9-10,14H,5,8H2,1-4H3/t;15-;/m.0./s1. The van der Waals surface area contributed by atoms with E-state index in [4.69, 9.17) is 14.2 Å². The molecule has 4 nitrogen and oxygen atoms in total. The number of pyridine rings is 1. The lowest BCUT2D eigenvalue weighted by atomic mass is 9.86. The van der Waals surface area contributed by atoms with Crippen molar-refractivity contribution in [2.45, 2.75) is 158 Å². The van der Waals surface area contributed by atoms with E-state index in [0.29, 0.717) is 47.9 Å². The molecular weight excluding hydrogens is 590 g/mol. The number of hydrogen-bond acceptors (Lipinski definition) is 4. The van der Waals surface area contributed by atoms with Crippen molar-refractivity contribution in [3.63, 3.8) is 0 Å². The van der Waals surface area contributed by atoms with Crippen molar-refractivity contribution >= 4 is 0 Å². The van der Waals surface area contributed by atoms with Gasteiger partial charge in [-0.3, -0.25) is 4.98 Å². The first kappa shape index (κ1) is 38.3. The third-order valence-corrected chi connectivity index (χ3v) is 10.4. The van der Waals surface area contributed by atoms with Gasteiger partial charge in [0.25, 0.3) is 0 Å². The highest BCUT2D eigenvalue weighted by Crippen LogP contribution is 2.32. The van der Waals surface area contributed by atoms with Crippen LogP contribution in [0.3, 0.4) is 0 Å². The molecule has 4 heteroatoms. The van der Waals surface area contributed by atoms with Gasteiger partial charge in [-0.25, -0.2) is 0 Å². The summed E-state index contributed by atoms with van der Waals surface area (Å²) in [6.07, 6.45) is 10.8. The Morgan fingerprint density at radius 1 is 0.562 bits per heavy atom. The van der Waals surface area contributed by atoms with E-state index in [-0.39, 0.29) is 0 Å². The van der Waals surface area contributed by atoms with Gasteiger partial charge in [-0.1, -0.05) is 119 Å². The van der Waals surface area contributed by atoms with Gasteiger partial charge in [-0.15, -0.1) is 0 Å². The second-order valence-corrected chi connectivity index (χ2v) is 15.9. The summed E-state index contributed by atoms with van der Waals surface area (Å²) in [5.74, 6) is 2.96. The third-order valence-electron chi connectivity index (χ3n) is 10.4. The van der Waals surface area contributed by atoms with Crippen LogP contribution in [0.2, 0.25) is 0 Å². The Labute approximate surface area is 293 Å². The van der Waals surface area contributed by atoms with Gasteiger partial charge in [0.2, 0.25) is 0 Å². The van der Waals surface area contributed by atoms with Gasteiger partial charge in [0.1, 0.15) is 0 Å². The first-order valence-electron chi connectivity index (χ1n) is 18.9. The van der Waals surface area contributed by atoms with E-state index in [1.165, 1.54) is 51.8 Å². The van der Waals surface area contributed by atoms with Gasteiger partial charge in [0.05, 0.1) is 38.1 Å². The maximum atomic E-state index is 5.90. The fraction of sp³-hybridized carbons (Fsp3) is 0.614. The fourth-order valence-corrected chi connectivity index (χ4v) is 7.24. The Morgan fingerprint density at radius 3 is 1.52 bits per heavy atom. The molecule has 0 fully saturated rings. The van der Waals surface area contributed by atoms with Gasteiger partial charge in [-0.2, -0.15) is 0 Å². The summed E-state index contributed by atoms with van der Waals surface area (Å²) >= 11 is 0. The minimum Gasteiger partial charge on any atom is -0.373 e. The Morgan fingerprint density at radius 2 is 1.02 bits per heavy atom. The molecule has 1 aromatic heterocycles. The number of hydrogen-bond donors (Lipinski definition) is 0. The zero-order chi connectivity index (χ0) is 35.0. The summed E-state index contributed by atoms with van der Waals surface area (Å²) in [5.41, 5.74) is 13.1.